The number of methoxy groups -OCH3 is 1. The van der Waals surface area contributed by atoms with Crippen molar-refractivity contribution < 1.29 is 23.8 Å². The van der Waals surface area contributed by atoms with E-state index >= 15 is 0 Å². The van der Waals surface area contributed by atoms with Crippen LogP contribution in [0.25, 0.3) is 0 Å². The Morgan fingerprint density at radius 1 is 0.914 bits per heavy atom. The fourth-order valence-electron chi connectivity index (χ4n) is 4.86. The lowest BCUT2D eigenvalue weighted by Crippen LogP contribution is -2.38. The summed E-state index contributed by atoms with van der Waals surface area (Å²) in [5.74, 6) is 1.89. The Bertz CT molecular complexity index is 1120. The fraction of sp³-hybridized carbons (Fsp3) is 0.448. The number of hydrogen-bond donors (Lipinski definition) is 1. The monoisotopic (exact) mass is 477 g/mol. The second-order valence-corrected chi connectivity index (χ2v) is 9.71. The van der Waals surface area contributed by atoms with Crippen molar-refractivity contribution in [1.29, 1.82) is 0 Å². The summed E-state index contributed by atoms with van der Waals surface area (Å²) in [7, 11) is 1.62. The minimum absolute atomic E-state index is 0.0313. The molecule has 0 radical (unpaired) electrons. The van der Waals surface area contributed by atoms with Crippen molar-refractivity contribution >= 4 is 11.7 Å². The summed E-state index contributed by atoms with van der Waals surface area (Å²) in [5, 5.41) is 3.00. The molecule has 0 fully saturated rings. The third-order valence-electron chi connectivity index (χ3n) is 6.75. The number of allylic oxidation sites excluding steroid dienone is 2. The predicted octanol–water partition coefficient (Wildman–Crippen LogP) is 5.66. The summed E-state index contributed by atoms with van der Waals surface area (Å²) < 4.78 is 17.3. The standard InChI is InChI=1S/C29H35NO5/c1-6-18(4)35-22-10-7-19(8-11-22)23-16-28(32)30-24-13-21(14-25(31)29(23)24)20-9-12-26(34-17(2)3)27(15-20)33-5/h7-12,15,17-18,21,23H,6,13-14,16H2,1-5H3,(H,30,32). The zero-order valence-electron chi connectivity index (χ0n) is 21.2. The smallest absolute Gasteiger partial charge is 0.225 e. The highest BCUT2D eigenvalue weighted by molar-refractivity contribution is 6.02. The topological polar surface area (TPSA) is 73.9 Å². The Balaban J connectivity index is 1.59. The zero-order valence-corrected chi connectivity index (χ0v) is 21.2. The SMILES string of the molecule is CCC(C)Oc1ccc(C2CC(=O)NC3=C2C(=O)CC(c2ccc(OC(C)C)c(OC)c2)C3)cc1. The maximum absolute atomic E-state index is 13.4. The van der Waals surface area contributed by atoms with Crippen molar-refractivity contribution in [2.45, 2.75) is 77.4 Å². The summed E-state index contributed by atoms with van der Waals surface area (Å²) in [6.45, 7) is 8.05. The quantitative estimate of drug-likeness (QED) is 0.531. The number of amides is 1. The second kappa shape index (κ2) is 10.5. The van der Waals surface area contributed by atoms with Gasteiger partial charge in [-0.1, -0.05) is 25.1 Å². The lowest BCUT2D eigenvalue weighted by Gasteiger charge is -2.34. The zero-order chi connectivity index (χ0) is 25.1. The Kier molecular flexibility index (Phi) is 7.48. The van der Waals surface area contributed by atoms with Gasteiger partial charge in [-0.3, -0.25) is 9.59 Å². The van der Waals surface area contributed by atoms with Crippen LogP contribution in [0.1, 0.15) is 76.3 Å². The van der Waals surface area contributed by atoms with Crippen molar-refractivity contribution in [2.75, 3.05) is 7.11 Å². The molecule has 0 spiro atoms. The van der Waals surface area contributed by atoms with Crippen LogP contribution in [0, 0.1) is 0 Å². The van der Waals surface area contributed by atoms with Gasteiger partial charge in [-0.25, -0.2) is 0 Å². The van der Waals surface area contributed by atoms with Crippen LogP contribution in [0.3, 0.4) is 0 Å². The van der Waals surface area contributed by atoms with E-state index in [1.165, 1.54) is 0 Å². The highest BCUT2D eigenvalue weighted by Crippen LogP contribution is 2.44. The van der Waals surface area contributed by atoms with Crippen LogP contribution >= 0.6 is 0 Å². The lowest BCUT2D eigenvalue weighted by molar-refractivity contribution is -0.122. The molecule has 186 valence electrons. The summed E-state index contributed by atoms with van der Waals surface area (Å²) >= 11 is 0. The maximum Gasteiger partial charge on any atom is 0.225 e. The number of rotatable bonds is 8. The van der Waals surface area contributed by atoms with Gasteiger partial charge >= 0.3 is 0 Å². The molecule has 0 saturated heterocycles. The molecule has 35 heavy (non-hydrogen) atoms. The van der Waals surface area contributed by atoms with Crippen LogP contribution in [0.5, 0.6) is 17.2 Å². The van der Waals surface area contributed by atoms with Gasteiger partial charge in [-0.2, -0.15) is 0 Å². The number of carbonyl (C=O) groups is 2. The van der Waals surface area contributed by atoms with Gasteiger partial charge in [0.25, 0.3) is 0 Å². The summed E-state index contributed by atoms with van der Waals surface area (Å²) in [6.07, 6.45) is 2.37. The molecule has 1 N–H and O–H groups in total. The first kappa shape index (κ1) is 24.8. The Labute approximate surface area is 207 Å². The van der Waals surface area contributed by atoms with Gasteiger partial charge in [0.15, 0.2) is 17.3 Å². The molecule has 3 atom stereocenters. The van der Waals surface area contributed by atoms with Gasteiger partial charge in [0, 0.05) is 30.0 Å². The molecule has 1 amide bonds. The first-order valence-corrected chi connectivity index (χ1v) is 12.5. The van der Waals surface area contributed by atoms with Gasteiger partial charge in [0.2, 0.25) is 5.91 Å². The van der Waals surface area contributed by atoms with Crippen molar-refractivity contribution in [3.05, 3.63) is 64.9 Å². The number of ether oxygens (including phenoxy) is 3. The van der Waals surface area contributed by atoms with E-state index in [1.807, 2.05) is 63.2 Å². The van der Waals surface area contributed by atoms with Crippen LogP contribution in [0.2, 0.25) is 0 Å². The van der Waals surface area contributed by atoms with E-state index in [1.54, 1.807) is 7.11 Å². The third-order valence-corrected chi connectivity index (χ3v) is 6.75. The minimum atomic E-state index is -0.235. The molecule has 1 heterocycles. The molecular weight excluding hydrogens is 442 g/mol. The minimum Gasteiger partial charge on any atom is -0.493 e. The first-order chi connectivity index (χ1) is 16.8. The molecule has 0 aromatic heterocycles. The van der Waals surface area contributed by atoms with E-state index in [4.69, 9.17) is 14.2 Å². The Hall–Kier alpha value is -3.28. The molecule has 0 bridgehead atoms. The molecule has 6 nitrogen and oxygen atoms in total. The molecule has 2 aromatic rings. The van der Waals surface area contributed by atoms with E-state index < -0.39 is 0 Å². The number of hydrogen-bond acceptors (Lipinski definition) is 5. The number of carbonyl (C=O) groups excluding carboxylic acids is 2. The van der Waals surface area contributed by atoms with Crippen LogP contribution in [0.15, 0.2) is 53.7 Å². The molecule has 1 aliphatic heterocycles. The van der Waals surface area contributed by atoms with Crippen molar-refractivity contribution in [2.24, 2.45) is 0 Å². The van der Waals surface area contributed by atoms with Crippen LogP contribution in [-0.2, 0) is 9.59 Å². The van der Waals surface area contributed by atoms with Gasteiger partial charge in [0.1, 0.15) is 5.75 Å². The van der Waals surface area contributed by atoms with E-state index in [9.17, 15) is 9.59 Å². The van der Waals surface area contributed by atoms with E-state index in [2.05, 4.69) is 12.2 Å². The molecular formula is C29H35NO5. The highest BCUT2D eigenvalue weighted by atomic mass is 16.5. The van der Waals surface area contributed by atoms with Crippen LogP contribution < -0.4 is 19.5 Å². The summed E-state index contributed by atoms with van der Waals surface area (Å²) in [4.78, 5) is 26.1. The largest absolute Gasteiger partial charge is 0.493 e. The van der Waals surface area contributed by atoms with Gasteiger partial charge in [-0.15, -0.1) is 0 Å². The van der Waals surface area contributed by atoms with Crippen molar-refractivity contribution in [3.8, 4) is 17.2 Å². The van der Waals surface area contributed by atoms with Crippen molar-refractivity contribution in [3.63, 3.8) is 0 Å². The Morgan fingerprint density at radius 3 is 2.29 bits per heavy atom. The first-order valence-electron chi connectivity index (χ1n) is 12.5. The molecule has 3 unspecified atom stereocenters. The molecule has 2 aliphatic rings. The van der Waals surface area contributed by atoms with Gasteiger partial charge in [-0.05, 0) is 74.9 Å². The van der Waals surface area contributed by atoms with E-state index in [0.717, 1.165) is 34.6 Å². The summed E-state index contributed by atoms with van der Waals surface area (Å²) in [6, 6.07) is 13.6. The average Bonchev–Trinajstić information content (AvgIpc) is 2.83. The van der Waals surface area contributed by atoms with Gasteiger partial charge < -0.3 is 19.5 Å². The van der Waals surface area contributed by atoms with Crippen molar-refractivity contribution in [1.82, 2.24) is 5.32 Å². The Morgan fingerprint density at radius 2 is 1.63 bits per heavy atom. The van der Waals surface area contributed by atoms with Gasteiger partial charge in [0.05, 0.1) is 19.3 Å². The number of nitrogens with one attached hydrogen (secondary N) is 1. The number of ketones is 1. The highest BCUT2D eigenvalue weighted by Gasteiger charge is 2.38. The number of Topliss-reactive ketones (excluding diaryl/α,β-unsaturated/α-hetero) is 1. The second-order valence-electron chi connectivity index (χ2n) is 9.71. The molecule has 0 saturated carbocycles. The maximum atomic E-state index is 13.4. The summed E-state index contributed by atoms with van der Waals surface area (Å²) in [5.41, 5.74) is 3.45. The third kappa shape index (κ3) is 5.53. The molecule has 2 aromatic carbocycles. The van der Waals surface area contributed by atoms with E-state index in [-0.39, 0.29) is 42.2 Å². The fourth-order valence-corrected chi connectivity index (χ4v) is 4.86. The molecule has 4 rings (SSSR count). The molecule has 6 heteroatoms. The van der Waals surface area contributed by atoms with E-state index in [0.29, 0.717) is 24.3 Å². The van der Waals surface area contributed by atoms with Crippen LogP contribution in [-0.4, -0.2) is 31.0 Å². The number of benzene rings is 2. The molecule has 1 aliphatic carbocycles. The lowest BCUT2D eigenvalue weighted by atomic mass is 9.73. The predicted molar refractivity (Wildman–Crippen MR) is 135 cm³/mol. The normalized spacial score (nSPS) is 20.9. The average molecular weight is 478 g/mol. The van der Waals surface area contributed by atoms with Crippen LogP contribution in [0.4, 0.5) is 0 Å².